The molecule has 2 unspecified atom stereocenters. The zero-order chi connectivity index (χ0) is 16.6. The zero-order valence-corrected chi connectivity index (χ0v) is 13.5. The SMILES string of the molecule is CC1CC(NC[C@H](O)c2ccc(O)c3[nH]c(=O)ccc23)CC1C. The van der Waals surface area contributed by atoms with Crippen LogP contribution in [0.5, 0.6) is 5.75 Å². The van der Waals surface area contributed by atoms with Crippen molar-refractivity contribution in [3.05, 3.63) is 40.2 Å². The second-order valence-corrected chi connectivity index (χ2v) is 6.83. The van der Waals surface area contributed by atoms with E-state index < -0.39 is 6.10 Å². The molecule has 3 rings (SSSR count). The third-order valence-corrected chi connectivity index (χ3v) is 5.15. The van der Waals surface area contributed by atoms with Crippen molar-refractivity contribution >= 4 is 10.9 Å². The van der Waals surface area contributed by atoms with E-state index in [1.165, 1.54) is 12.1 Å². The van der Waals surface area contributed by atoms with E-state index in [1.54, 1.807) is 12.1 Å². The molecular weight excluding hydrogens is 292 g/mol. The first-order valence-corrected chi connectivity index (χ1v) is 8.22. The maximum absolute atomic E-state index is 11.4. The molecule has 0 bridgehead atoms. The Hall–Kier alpha value is -1.85. The van der Waals surface area contributed by atoms with Crippen molar-refractivity contribution in [2.24, 2.45) is 11.8 Å². The maximum atomic E-state index is 11.4. The lowest BCUT2D eigenvalue weighted by Gasteiger charge is -2.18. The highest BCUT2D eigenvalue weighted by Crippen LogP contribution is 2.32. The quantitative estimate of drug-likeness (QED) is 0.697. The molecule has 5 nitrogen and oxygen atoms in total. The van der Waals surface area contributed by atoms with E-state index in [2.05, 4.69) is 24.1 Å². The van der Waals surface area contributed by atoms with E-state index in [9.17, 15) is 15.0 Å². The minimum atomic E-state index is -0.685. The Kier molecular flexibility index (Phi) is 4.41. The third kappa shape index (κ3) is 3.26. The standard InChI is InChI=1S/C18H24N2O3/c1-10-7-12(8-11(10)2)19-9-16(22)13-3-5-15(21)18-14(13)4-6-17(23)20-18/h3-6,10-12,16,19,21-22H,7-9H2,1-2H3,(H,20,23)/t10?,11?,12?,16-/m0/s1. The lowest BCUT2D eigenvalue weighted by atomic mass is 10.0. The predicted molar refractivity (Wildman–Crippen MR) is 90.5 cm³/mol. The van der Waals surface area contributed by atoms with Crippen molar-refractivity contribution < 1.29 is 10.2 Å². The second-order valence-electron chi connectivity index (χ2n) is 6.83. The van der Waals surface area contributed by atoms with Gasteiger partial charge in [0.05, 0.1) is 11.6 Å². The van der Waals surface area contributed by atoms with Gasteiger partial charge in [0.25, 0.3) is 0 Å². The number of aromatic nitrogens is 1. The summed E-state index contributed by atoms with van der Waals surface area (Å²) in [5, 5.41) is 24.6. The van der Waals surface area contributed by atoms with Crippen LogP contribution in [0, 0.1) is 11.8 Å². The van der Waals surface area contributed by atoms with Crippen LogP contribution in [0.3, 0.4) is 0 Å². The number of fused-ring (bicyclic) bond motifs is 1. The lowest BCUT2D eigenvalue weighted by molar-refractivity contribution is 0.171. The number of hydrogen-bond donors (Lipinski definition) is 4. The molecule has 0 aliphatic heterocycles. The summed E-state index contributed by atoms with van der Waals surface area (Å²) in [6.07, 6.45) is 1.59. The van der Waals surface area contributed by atoms with E-state index in [4.69, 9.17) is 0 Å². The van der Waals surface area contributed by atoms with Crippen LogP contribution in [0.4, 0.5) is 0 Å². The normalized spacial score (nSPS) is 25.8. The molecule has 1 aliphatic carbocycles. The molecule has 0 spiro atoms. The number of phenols is 1. The van der Waals surface area contributed by atoms with Crippen LogP contribution in [0.1, 0.15) is 38.4 Å². The van der Waals surface area contributed by atoms with Gasteiger partial charge in [0.15, 0.2) is 0 Å². The van der Waals surface area contributed by atoms with E-state index in [0.29, 0.717) is 40.9 Å². The summed E-state index contributed by atoms with van der Waals surface area (Å²) >= 11 is 0. The smallest absolute Gasteiger partial charge is 0.248 e. The average molecular weight is 316 g/mol. The molecule has 1 saturated carbocycles. The molecule has 4 N–H and O–H groups in total. The van der Waals surface area contributed by atoms with Gasteiger partial charge in [-0.05, 0) is 42.4 Å². The molecule has 1 aromatic carbocycles. The number of aliphatic hydroxyl groups excluding tert-OH is 1. The van der Waals surface area contributed by atoms with Gasteiger partial charge in [-0.3, -0.25) is 4.79 Å². The first-order valence-electron chi connectivity index (χ1n) is 8.22. The molecule has 0 radical (unpaired) electrons. The van der Waals surface area contributed by atoms with Crippen molar-refractivity contribution in [2.45, 2.75) is 38.8 Å². The number of rotatable bonds is 4. The number of hydrogen-bond acceptors (Lipinski definition) is 4. The van der Waals surface area contributed by atoms with E-state index in [0.717, 1.165) is 12.8 Å². The highest BCUT2D eigenvalue weighted by atomic mass is 16.3. The number of H-pyrrole nitrogens is 1. The third-order valence-electron chi connectivity index (χ3n) is 5.15. The molecule has 1 fully saturated rings. The lowest BCUT2D eigenvalue weighted by Crippen LogP contribution is -2.31. The number of pyridine rings is 1. The summed E-state index contributed by atoms with van der Waals surface area (Å²) < 4.78 is 0. The maximum Gasteiger partial charge on any atom is 0.248 e. The fourth-order valence-electron chi connectivity index (χ4n) is 3.56. The summed E-state index contributed by atoms with van der Waals surface area (Å²) in [6, 6.07) is 6.72. The summed E-state index contributed by atoms with van der Waals surface area (Å²) in [4.78, 5) is 14.1. The first kappa shape index (κ1) is 16.0. The molecule has 1 heterocycles. The van der Waals surface area contributed by atoms with Gasteiger partial charge in [-0.2, -0.15) is 0 Å². The molecule has 23 heavy (non-hydrogen) atoms. The summed E-state index contributed by atoms with van der Waals surface area (Å²) in [5.41, 5.74) is 0.810. The van der Waals surface area contributed by atoms with Crippen LogP contribution in [0.15, 0.2) is 29.1 Å². The van der Waals surface area contributed by atoms with Gasteiger partial charge < -0.3 is 20.5 Å². The largest absolute Gasteiger partial charge is 0.506 e. The molecule has 0 saturated heterocycles. The number of phenolic OH excluding ortho intramolecular Hbond substituents is 1. The Morgan fingerprint density at radius 3 is 2.61 bits per heavy atom. The minimum absolute atomic E-state index is 0.0139. The molecule has 5 heteroatoms. The van der Waals surface area contributed by atoms with E-state index >= 15 is 0 Å². The predicted octanol–water partition coefficient (Wildman–Crippen LogP) is 2.29. The highest BCUT2D eigenvalue weighted by molar-refractivity contribution is 5.87. The number of aromatic hydroxyl groups is 1. The van der Waals surface area contributed by atoms with Crippen LogP contribution in [0.2, 0.25) is 0 Å². The minimum Gasteiger partial charge on any atom is -0.506 e. The molecule has 1 aliphatic rings. The Morgan fingerprint density at radius 2 is 1.91 bits per heavy atom. The van der Waals surface area contributed by atoms with Crippen LogP contribution < -0.4 is 10.9 Å². The number of aliphatic hydroxyl groups is 1. The first-order chi connectivity index (χ1) is 11.0. The summed E-state index contributed by atoms with van der Waals surface area (Å²) in [7, 11) is 0. The monoisotopic (exact) mass is 316 g/mol. The van der Waals surface area contributed by atoms with Crippen LogP contribution in [-0.2, 0) is 0 Å². The van der Waals surface area contributed by atoms with Crippen LogP contribution in [0.25, 0.3) is 10.9 Å². The Balaban J connectivity index is 1.77. The van der Waals surface area contributed by atoms with Crippen LogP contribution >= 0.6 is 0 Å². The van der Waals surface area contributed by atoms with Crippen molar-refractivity contribution in [3.8, 4) is 5.75 Å². The van der Waals surface area contributed by atoms with Gasteiger partial charge in [0.2, 0.25) is 5.56 Å². The number of nitrogens with one attached hydrogen (secondary N) is 2. The van der Waals surface area contributed by atoms with Gasteiger partial charge >= 0.3 is 0 Å². The number of aromatic amines is 1. The van der Waals surface area contributed by atoms with Crippen molar-refractivity contribution in [1.29, 1.82) is 0 Å². The molecule has 3 atom stereocenters. The molecule has 0 amide bonds. The topological polar surface area (TPSA) is 85.3 Å². The van der Waals surface area contributed by atoms with Crippen molar-refractivity contribution in [2.75, 3.05) is 6.54 Å². The summed E-state index contributed by atoms with van der Waals surface area (Å²) in [6.45, 7) is 5.00. The Bertz CT molecular complexity index is 746. The number of benzene rings is 1. The van der Waals surface area contributed by atoms with Crippen molar-refractivity contribution in [1.82, 2.24) is 10.3 Å². The van der Waals surface area contributed by atoms with Gasteiger partial charge in [-0.25, -0.2) is 0 Å². The molecular formula is C18H24N2O3. The van der Waals surface area contributed by atoms with Gasteiger partial charge in [-0.1, -0.05) is 19.9 Å². The van der Waals surface area contributed by atoms with Gasteiger partial charge in [0, 0.05) is 24.0 Å². The Labute approximate surface area is 135 Å². The summed E-state index contributed by atoms with van der Waals surface area (Å²) in [5.74, 6) is 1.44. The molecule has 1 aromatic heterocycles. The zero-order valence-electron chi connectivity index (χ0n) is 13.5. The average Bonchev–Trinajstić information content (AvgIpc) is 2.84. The second kappa shape index (κ2) is 6.34. The molecule has 124 valence electrons. The Morgan fingerprint density at radius 1 is 1.22 bits per heavy atom. The van der Waals surface area contributed by atoms with E-state index in [1.807, 2.05) is 0 Å². The molecule has 2 aromatic rings. The van der Waals surface area contributed by atoms with Gasteiger partial charge in [0.1, 0.15) is 5.75 Å². The van der Waals surface area contributed by atoms with Crippen LogP contribution in [-0.4, -0.2) is 27.8 Å². The van der Waals surface area contributed by atoms with Crippen molar-refractivity contribution in [3.63, 3.8) is 0 Å². The van der Waals surface area contributed by atoms with E-state index in [-0.39, 0.29) is 11.3 Å². The highest BCUT2D eigenvalue weighted by Gasteiger charge is 2.28. The fraction of sp³-hybridized carbons (Fsp3) is 0.500. The van der Waals surface area contributed by atoms with Gasteiger partial charge in [-0.15, -0.1) is 0 Å². The fourth-order valence-corrected chi connectivity index (χ4v) is 3.56.